The van der Waals surface area contributed by atoms with Crippen molar-refractivity contribution in [3.05, 3.63) is 29.6 Å². The summed E-state index contributed by atoms with van der Waals surface area (Å²) in [6, 6.07) is 1.64. The van der Waals surface area contributed by atoms with Crippen LogP contribution in [-0.2, 0) is 6.42 Å². The van der Waals surface area contributed by atoms with Gasteiger partial charge in [0.25, 0.3) is 0 Å². The first kappa shape index (κ1) is 10.1. The molecule has 72 valence electrons. The van der Waals surface area contributed by atoms with Gasteiger partial charge < -0.3 is 12.9 Å². The molecule has 13 heavy (non-hydrogen) atoms. The molecule has 0 saturated carbocycles. The van der Waals surface area contributed by atoms with Crippen LogP contribution in [0.5, 0.6) is 0 Å². The zero-order chi connectivity index (χ0) is 9.90. The van der Waals surface area contributed by atoms with Gasteiger partial charge in [-0.1, -0.05) is 12.7 Å². The molecule has 0 fully saturated rings. The van der Waals surface area contributed by atoms with Crippen molar-refractivity contribution in [2.24, 2.45) is 0 Å². The highest BCUT2D eigenvalue weighted by Crippen LogP contribution is 2.19. The number of hydrogen-bond donors (Lipinski definition) is 0. The molecular formula is C8H10BF3N-. The minimum atomic E-state index is -4.66. The first-order chi connectivity index (χ1) is 5.99. The second-order valence-corrected chi connectivity index (χ2v) is 3.05. The maximum absolute atomic E-state index is 11.9. The molecule has 0 aromatic carbocycles. The van der Waals surface area contributed by atoms with Crippen LogP contribution in [0.4, 0.5) is 12.9 Å². The molecule has 1 heterocycles. The minimum absolute atomic E-state index is 0.0673. The van der Waals surface area contributed by atoms with E-state index >= 15 is 0 Å². The Morgan fingerprint density at radius 3 is 2.62 bits per heavy atom. The van der Waals surface area contributed by atoms with E-state index < -0.39 is 13.3 Å². The molecule has 0 radical (unpaired) electrons. The van der Waals surface area contributed by atoms with E-state index in [-0.39, 0.29) is 6.42 Å². The Morgan fingerprint density at radius 1 is 1.38 bits per heavy atom. The van der Waals surface area contributed by atoms with Crippen molar-refractivity contribution in [2.75, 3.05) is 0 Å². The number of hydrogen-bond acceptors (Lipinski definition) is 1. The molecule has 0 bridgehead atoms. The van der Waals surface area contributed by atoms with Crippen LogP contribution in [0, 0.1) is 6.92 Å². The summed E-state index contributed by atoms with van der Waals surface area (Å²) in [7, 11) is 0. The van der Waals surface area contributed by atoms with Gasteiger partial charge in [-0.25, -0.2) is 0 Å². The molecule has 5 heteroatoms. The van der Waals surface area contributed by atoms with Crippen molar-refractivity contribution in [1.29, 1.82) is 0 Å². The molecule has 1 aromatic rings. The van der Waals surface area contributed by atoms with Gasteiger partial charge in [-0.05, 0) is 24.1 Å². The number of aryl methyl sites for hydroxylation is 2. The van der Waals surface area contributed by atoms with Crippen LogP contribution in [0.1, 0.15) is 11.1 Å². The second-order valence-electron chi connectivity index (χ2n) is 3.05. The summed E-state index contributed by atoms with van der Waals surface area (Å²) in [6.45, 7) is -2.89. The second kappa shape index (κ2) is 3.81. The summed E-state index contributed by atoms with van der Waals surface area (Å²) in [5.74, 6) is 0. The van der Waals surface area contributed by atoms with Gasteiger partial charge in [0.1, 0.15) is 0 Å². The van der Waals surface area contributed by atoms with Crippen LogP contribution in [0.3, 0.4) is 0 Å². The number of nitrogens with zero attached hydrogens (tertiary/aromatic N) is 1. The van der Waals surface area contributed by atoms with Gasteiger partial charge in [-0.3, -0.25) is 4.98 Å². The first-order valence-electron chi connectivity index (χ1n) is 4.09. The smallest absolute Gasteiger partial charge is 0.449 e. The molecule has 1 nitrogen and oxygen atoms in total. The predicted octanol–water partition coefficient (Wildman–Crippen LogP) is 2.78. The Morgan fingerprint density at radius 2 is 2.08 bits per heavy atom. The van der Waals surface area contributed by atoms with Crippen LogP contribution in [0.15, 0.2) is 18.5 Å². The topological polar surface area (TPSA) is 12.9 Å². The quantitative estimate of drug-likeness (QED) is 0.664. The van der Waals surface area contributed by atoms with Crippen molar-refractivity contribution in [3.63, 3.8) is 0 Å². The summed E-state index contributed by atoms with van der Waals surface area (Å²) in [5.41, 5.74) is 1.55. The van der Waals surface area contributed by atoms with E-state index in [2.05, 4.69) is 4.98 Å². The first-order valence-corrected chi connectivity index (χ1v) is 4.09. The van der Waals surface area contributed by atoms with Gasteiger partial charge in [0.05, 0.1) is 0 Å². The summed E-state index contributed by atoms with van der Waals surface area (Å²) in [4.78, 5) is 3.81. The molecule has 0 aliphatic rings. The third kappa shape index (κ3) is 3.48. The third-order valence-corrected chi connectivity index (χ3v) is 1.88. The highest BCUT2D eigenvalue weighted by molar-refractivity contribution is 6.58. The van der Waals surface area contributed by atoms with E-state index in [0.29, 0.717) is 0 Å². The molecule has 1 rings (SSSR count). The Labute approximate surface area is 75.0 Å². The standard InChI is InChI=1S/C8H10BF3N/c1-7-6-13-5-3-8(7)2-4-9(10,11)12/h3,5-6H,2,4H2,1H3/q-1. The minimum Gasteiger partial charge on any atom is -0.449 e. The van der Waals surface area contributed by atoms with Crippen molar-refractivity contribution in [2.45, 2.75) is 19.7 Å². The molecule has 0 aliphatic heterocycles. The van der Waals surface area contributed by atoms with Crippen molar-refractivity contribution in [3.8, 4) is 0 Å². The molecule has 0 atom stereocenters. The number of aromatic nitrogens is 1. The average Bonchev–Trinajstić information content (AvgIpc) is 2.01. The molecule has 0 aliphatic carbocycles. The average molecular weight is 188 g/mol. The van der Waals surface area contributed by atoms with Gasteiger partial charge in [-0.15, -0.1) is 0 Å². The van der Waals surface area contributed by atoms with Gasteiger partial charge in [0.15, 0.2) is 0 Å². The highest BCUT2D eigenvalue weighted by Gasteiger charge is 2.22. The molecule has 0 N–H and O–H groups in total. The van der Waals surface area contributed by atoms with Gasteiger partial charge in [0, 0.05) is 12.4 Å². The maximum Gasteiger partial charge on any atom is 0.478 e. The summed E-state index contributed by atoms with van der Waals surface area (Å²) in [6.07, 6.45) is 2.47. The molecular weight excluding hydrogens is 178 g/mol. The Kier molecular flexibility index (Phi) is 2.96. The predicted molar refractivity (Wildman–Crippen MR) is 46.6 cm³/mol. The monoisotopic (exact) mass is 188 g/mol. The van der Waals surface area contributed by atoms with Crippen molar-refractivity contribution < 1.29 is 12.9 Å². The Bertz CT molecular complexity index is 285. The van der Waals surface area contributed by atoms with E-state index in [9.17, 15) is 12.9 Å². The van der Waals surface area contributed by atoms with Crippen LogP contribution in [0.25, 0.3) is 0 Å². The Balaban J connectivity index is 2.60. The van der Waals surface area contributed by atoms with Gasteiger partial charge >= 0.3 is 6.98 Å². The van der Waals surface area contributed by atoms with Crippen molar-refractivity contribution >= 4 is 6.98 Å². The molecule has 0 amide bonds. The number of pyridine rings is 1. The van der Waals surface area contributed by atoms with E-state index in [4.69, 9.17) is 0 Å². The summed E-state index contributed by atoms with van der Waals surface area (Å²) < 4.78 is 35.8. The largest absolute Gasteiger partial charge is 0.478 e. The third-order valence-electron chi connectivity index (χ3n) is 1.88. The van der Waals surface area contributed by atoms with Gasteiger partial charge in [-0.2, -0.15) is 0 Å². The summed E-state index contributed by atoms with van der Waals surface area (Å²) in [5, 5.41) is 0. The fourth-order valence-electron chi connectivity index (χ4n) is 1.10. The van der Waals surface area contributed by atoms with E-state index in [0.717, 1.165) is 11.1 Å². The van der Waals surface area contributed by atoms with E-state index in [1.807, 2.05) is 0 Å². The highest BCUT2D eigenvalue weighted by atomic mass is 19.4. The van der Waals surface area contributed by atoms with Crippen LogP contribution < -0.4 is 0 Å². The summed E-state index contributed by atoms with van der Waals surface area (Å²) >= 11 is 0. The van der Waals surface area contributed by atoms with Crippen molar-refractivity contribution in [1.82, 2.24) is 4.98 Å². The lowest BCUT2D eigenvalue weighted by Crippen LogP contribution is -2.15. The molecule has 0 unspecified atom stereocenters. The number of rotatable bonds is 3. The fraction of sp³-hybridized carbons (Fsp3) is 0.375. The van der Waals surface area contributed by atoms with E-state index in [1.165, 1.54) is 6.20 Å². The fourth-order valence-corrected chi connectivity index (χ4v) is 1.10. The zero-order valence-electron chi connectivity index (χ0n) is 7.30. The maximum atomic E-state index is 11.9. The van der Waals surface area contributed by atoms with Crippen LogP contribution in [0.2, 0.25) is 6.32 Å². The zero-order valence-corrected chi connectivity index (χ0v) is 7.30. The molecule has 0 saturated heterocycles. The Hall–Kier alpha value is -0.995. The lowest BCUT2D eigenvalue weighted by Gasteiger charge is -2.13. The lowest BCUT2D eigenvalue weighted by molar-refractivity contribution is 0.467. The van der Waals surface area contributed by atoms with Crippen LogP contribution >= 0.6 is 0 Å². The SMILES string of the molecule is Cc1cnccc1CC[B-](F)(F)F. The van der Waals surface area contributed by atoms with Crippen LogP contribution in [-0.4, -0.2) is 12.0 Å². The van der Waals surface area contributed by atoms with E-state index in [1.54, 1.807) is 19.2 Å². The normalized spacial score (nSPS) is 11.7. The molecule has 1 aromatic heterocycles. The lowest BCUT2D eigenvalue weighted by atomic mass is 9.82. The van der Waals surface area contributed by atoms with Gasteiger partial charge in [0.2, 0.25) is 0 Å². The molecule has 0 spiro atoms. The number of halogens is 3.